The fraction of sp³-hybridized carbons (Fsp3) is 1.00. The fourth-order valence-corrected chi connectivity index (χ4v) is 0. The second-order valence-electron chi connectivity index (χ2n) is 2.14. The molecule has 0 saturated heterocycles. The third-order valence-electron chi connectivity index (χ3n) is 0.663. The van der Waals surface area contributed by atoms with Gasteiger partial charge in [0.15, 0.2) is 0 Å². The summed E-state index contributed by atoms with van der Waals surface area (Å²) in [6.45, 7) is 0. The van der Waals surface area contributed by atoms with E-state index in [2.05, 4.69) is 0 Å². The van der Waals surface area contributed by atoms with Crippen molar-refractivity contribution in [1.82, 2.24) is 0 Å². The standard InChI is InChI=1S/3CH5O4P.Al/c3*2-1(3)6(4)5;/h3*1-3,6H,(H,4,5);. The average Bonchev–Trinajstić information content (AvgIpc) is 2.18. The topological polar surface area (TPSA) is 233 Å². The zero-order valence-corrected chi connectivity index (χ0v) is 13.2. The molecule has 3 radical (unpaired) electrons. The van der Waals surface area contributed by atoms with Gasteiger partial charge in [-0.25, -0.2) is 0 Å². The molecule has 12 nitrogen and oxygen atoms in total. The Hall–Kier alpha value is 0.862. The largest absolute Gasteiger partial charge is 0.361 e. The number of rotatable bonds is 3. The van der Waals surface area contributed by atoms with Gasteiger partial charge in [0.2, 0.25) is 42.2 Å². The first-order chi connectivity index (χ1) is 7.93. The van der Waals surface area contributed by atoms with Gasteiger partial charge in [-0.1, -0.05) is 0 Å². The van der Waals surface area contributed by atoms with Gasteiger partial charge in [-0.2, -0.15) is 0 Å². The predicted octanol–water partition coefficient (Wildman–Crippen LogP) is -4.22. The molecule has 0 spiro atoms. The summed E-state index contributed by atoms with van der Waals surface area (Å²) in [7, 11) is -9.27. The maximum Gasteiger partial charge on any atom is 0.243 e. The Balaban J connectivity index is -0.0000000865. The minimum atomic E-state index is -3.09. The molecule has 0 amide bonds. The monoisotopic (exact) mass is 363 g/mol. The molecule has 0 saturated carbocycles. The van der Waals surface area contributed by atoms with Gasteiger partial charge >= 0.3 is 0 Å². The second-order valence-corrected chi connectivity index (χ2v) is 5.71. The summed E-state index contributed by atoms with van der Waals surface area (Å²) < 4.78 is 28.2. The highest BCUT2D eigenvalue weighted by Gasteiger charge is 2.00. The molecule has 3 atom stereocenters. The van der Waals surface area contributed by atoms with E-state index in [1.807, 2.05) is 0 Å². The first-order valence-corrected chi connectivity index (χ1v) is 8.00. The molecule has 0 heterocycles. The van der Waals surface area contributed by atoms with Gasteiger partial charge in [-0.3, -0.25) is 13.7 Å². The van der Waals surface area contributed by atoms with Crippen LogP contribution < -0.4 is 0 Å². The minimum Gasteiger partial charge on any atom is -0.361 e. The molecule has 0 fully saturated rings. The van der Waals surface area contributed by atoms with Crippen LogP contribution in [0.1, 0.15) is 0 Å². The van der Waals surface area contributed by atoms with Crippen LogP contribution >= 0.6 is 24.1 Å². The van der Waals surface area contributed by atoms with Crippen LogP contribution in [0, 0.1) is 0 Å². The first-order valence-electron chi connectivity index (χ1n) is 3.70. The average molecular weight is 363 g/mol. The van der Waals surface area contributed by atoms with E-state index in [0.29, 0.717) is 0 Å². The molecule has 19 heavy (non-hydrogen) atoms. The predicted molar refractivity (Wildman–Crippen MR) is 64.1 cm³/mol. The zero-order valence-electron chi connectivity index (χ0n) is 9.06. The lowest BCUT2D eigenvalue weighted by molar-refractivity contribution is 0.0248. The molecule has 0 aliphatic heterocycles. The third kappa shape index (κ3) is 32.4. The summed E-state index contributed by atoms with van der Waals surface area (Å²) in [6, 6.07) is -6.14. The highest BCUT2D eigenvalue weighted by Crippen LogP contribution is 2.16. The number of hydrogen-bond acceptors (Lipinski definition) is 9. The van der Waals surface area contributed by atoms with Crippen LogP contribution in [-0.2, 0) is 13.7 Å². The molecule has 9 N–H and O–H groups in total. The summed E-state index contributed by atoms with van der Waals surface area (Å²) in [5.74, 6) is 0. The van der Waals surface area contributed by atoms with Crippen molar-refractivity contribution in [3.05, 3.63) is 0 Å². The minimum absolute atomic E-state index is 0. The van der Waals surface area contributed by atoms with Crippen LogP contribution in [0.25, 0.3) is 0 Å². The van der Waals surface area contributed by atoms with E-state index < -0.39 is 42.2 Å². The summed E-state index contributed by atoms with van der Waals surface area (Å²) in [5, 5.41) is 46.0. The van der Waals surface area contributed by atoms with Gasteiger partial charge in [-0.15, -0.1) is 0 Å². The van der Waals surface area contributed by atoms with Crippen molar-refractivity contribution in [2.24, 2.45) is 0 Å². The molecule has 0 aromatic heterocycles. The number of hydrogen-bond donors (Lipinski definition) is 9. The molecule has 16 heteroatoms. The summed E-state index contributed by atoms with van der Waals surface area (Å²) in [6.07, 6.45) is 0. The lowest BCUT2D eigenvalue weighted by Crippen LogP contribution is -1.94. The first kappa shape index (κ1) is 28.1. The van der Waals surface area contributed by atoms with Gasteiger partial charge in [0.25, 0.3) is 0 Å². The number of aliphatic hydroxyl groups is 6. The SMILES string of the molecule is O=[PH](O)C(O)O.O=[PH](O)C(O)O.O=[PH](O)C(O)O.[Al]. The van der Waals surface area contributed by atoms with Crippen molar-refractivity contribution in [3.8, 4) is 0 Å². The van der Waals surface area contributed by atoms with E-state index in [1.165, 1.54) is 0 Å². The summed E-state index contributed by atoms with van der Waals surface area (Å²) in [5.41, 5.74) is 0. The van der Waals surface area contributed by atoms with Gasteiger partial charge in [0.1, 0.15) is 0 Å². The quantitative estimate of drug-likeness (QED) is 0.132. The van der Waals surface area contributed by atoms with E-state index in [4.69, 9.17) is 45.3 Å². The molecule has 0 bridgehead atoms. The van der Waals surface area contributed by atoms with Gasteiger partial charge in [0.05, 0.1) is 0 Å². The van der Waals surface area contributed by atoms with Crippen molar-refractivity contribution in [2.75, 3.05) is 0 Å². The van der Waals surface area contributed by atoms with E-state index >= 15 is 0 Å². The van der Waals surface area contributed by atoms with Crippen LogP contribution in [0.2, 0.25) is 0 Å². The molecule has 0 aliphatic carbocycles. The molecule has 0 aromatic rings. The van der Waals surface area contributed by atoms with E-state index in [1.54, 1.807) is 0 Å². The van der Waals surface area contributed by atoms with Crippen LogP contribution in [0.3, 0.4) is 0 Å². The summed E-state index contributed by atoms with van der Waals surface area (Å²) >= 11 is 0. The van der Waals surface area contributed by atoms with Crippen molar-refractivity contribution in [2.45, 2.75) is 18.1 Å². The van der Waals surface area contributed by atoms with Gasteiger partial charge < -0.3 is 45.3 Å². The molecule has 3 unspecified atom stereocenters. The maximum atomic E-state index is 9.38. The fourth-order valence-electron chi connectivity index (χ4n) is 0. The Morgan fingerprint density at radius 3 is 0.579 bits per heavy atom. The molecule has 0 aromatic carbocycles. The van der Waals surface area contributed by atoms with E-state index in [-0.39, 0.29) is 17.4 Å². The normalized spacial score (nSPS) is 14.5. The highest BCUT2D eigenvalue weighted by molar-refractivity contribution is 7.38. The maximum absolute atomic E-state index is 9.38. The van der Waals surface area contributed by atoms with Crippen molar-refractivity contribution in [1.29, 1.82) is 0 Å². The zero-order chi connectivity index (χ0) is 15.5. The van der Waals surface area contributed by atoms with E-state index in [9.17, 15) is 13.7 Å². The molecule has 117 valence electrons. The second kappa shape index (κ2) is 16.9. The van der Waals surface area contributed by atoms with E-state index in [0.717, 1.165) is 0 Å². The summed E-state index contributed by atoms with van der Waals surface area (Å²) in [4.78, 5) is 23.0. The van der Waals surface area contributed by atoms with Crippen LogP contribution in [0.15, 0.2) is 0 Å². The molecular weight excluding hydrogens is 348 g/mol. The number of aliphatic hydroxyl groups excluding tert-OH is 3. The third-order valence-corrected chi connectivity index (χ3v) is 1.99. The Kier molecular flexibility index (Phi) is 25.0. The Morgan fingerprint density at radius 2 is 0.579 bits per heavy atom. The lowest BCUT2D eigenvalue weighted by atomic mass is 11.5. The van der Waals surface area contributed by atoms with Crippen LogP contribution in [0.4, 0.5) is 0 Å². The van der Waals surface area contributed by atoms with Crippen molar-refractivity contribution < 1.29 is 59.0 Å². The lowest BCUT2D eigenvalue weighted by Gasteiger charge is -1.90. The van der Waals surface area contributed by atoms with Crippen molar-refractivity contribution >= 4 is 41.4 Å². The Labute approximate surface area is 119 Å². The Morgan fingerprint density at radius 1 is 0.526 bits per heavy atom. The van der Waals surface area contributed by atoms with Gasteiger partial charge in [0, 0.05) is 17.4 Å². The van der Waals surface area contributed by atoms with Crippen LogP contribution in [-0.4, -0.2) is 80.8 Å². The molecule has 0 aliphatic rings. The molecular formula is C3H15AlO12P3. The smallest absolute Gasteiger partial charge is 0.243 e. The molecule has 0 rings (SSSR count). The Bertz CT molecular complexity index is 224. The van der Waals surface area contributed by atoms with Crippen molar-refractivity contribution in [3.63, 3.8) is 0 Å². The van der Waals surface area contributed by atoms with Crippen LogP contribution in [0.5, 0.6) is 0 Å². The highest BCUT2D eigenvalue weighted by atomic mass is 31.1. The van der Waals surface area contributed by atoms with Gasteiger partial charge in [-0.05, 0) is 0 Å².